The van der Waals surface area contributed by atoms with Crippen molar-refractivity contribution in [2.45, 2.75) is 50.9 Å². The van der Waals surface area contributed by atoms with Gasteiger partial charge in [0.05, 0.1) is 5.52 Å². The molecule has 1 aliphatic rings. The first-order valence-electron chi connectivity index (χ1n) is 10.5. The number of hydrogen-bond donors (Lipinski definition) is 2. The smallest absolute Gasteiger partial charge is 0.382 e. The van der Waals surface area contributed by atoms with Gasteiger partial charge in [0.1, 0.15) is 5.69 Å². The van der Waals surface area contributed by atoms with E-state index in [1.54, 1.807) is 42.5 Å². The first-order chi connectivity index (χ1) is 15.2. The molecule has 0 unspecified atom stereocenters. The number of aromatic nitrogens is 1. The van der Waals surface area contributed by atoms with Gasteiger partial charge < -0.3 is 10.6 Å². The number of anilines is 1. The van der Waals surface area contributed by atoms with Gasteiger partial charge >= 0.3 is 6.18 Å². The summed E-state index contributed by atoms with van der Waals surface area (Å²) >= 11 is 6.11. The maximum atomic E-state index is 13.3. The minimum absolute atomic E-state index is 0.0128. The lowest BCUT2D eigenvalue weighted by atomic mass is 9.90. The second-order valence-electron chi connectivity index (χ2n) is 8.15. The fourth-order valence-electron chi connectivity index (χ4n) is 4.16. The fraction of sp³-hybridized carbons (Fsp3) is 0.333. The standard InChI is InChI=1S/C24H23ClF3N3O/c1-14-17(6-4-7-19(14)25)23(32)30-16-11-9-15(10-12-16)29-21-13-22(24(26,27)28)31-20-8-3-2-5-18(20)21/h2-8,13,15-16H,9-12H2,1H3,(H,29,31)(H,30,32). The highest BCUT2D eigenvalue weighted by molar-refractivity contribution is 6.31. The van der Waals surface area contributed by atoms with Gasteiger partial charge in [-0.1, -0.05) is 35.9 Å². The third-order valence-electron chi connectivity index (χ3n) is 5.94. The van der Waals surface area contributed by atoms with Crippen molar-refractivity contribution in [3.05, 3.63) is 70.4 Å². The van der Waals surface area contributed by atoms with Crippen molar-refractivity contribution >= 4 is 34.1 Å². The van der Waals surface area contributed by atoms with Crippen LogP contribution in [-0.2, 0) is 6.18 Å². The van der Waals surface area contributed by atoms with Crippen LogP contribution in [0.3, 0.4) is 0 Å². The summed E-state index contributed by atoms with van der Waals surface area (Å²) in [5, 5.41) is 7.56. The number of carbonyl (C=O) groups is 1. The molecule has 0 bridgehead atoms. The Morgan fingerprint density at radius 1 is 1.03 bits per heavy atom. The molecule has 2 aromatic carbocycles. The monoisotopic (exact) mass is 461 g/mol. The van der Waals surface area contributed by atoms with Crippen LogP contribution in [0.2, 0.25) is 5.02 Å². The molecule has 4 rings (SSSR count). The third-order valence-corrected chi connectivity index (χ3v) is 6.35. The van der Waals surface area contributed by atoms with Crippen molar-refractivity contribution in [2.24, 2.45) is 0 Å². The number of hydrogen-bond acceptors (Lipinski definition) is 3. The molecule has 2 N–H and O–H groups in total. The predicted octanol–water partition coefficient (Wildman–Crippen LogP) is 6.37. The molecule has 0 aliphatic heterocycles. The summed E-state index contributed by atoms with van der Waals surface area (Å²) in [5.74, 6) is -0.156. The highest BCUT2D eigenvalue weighted by Gasteiger charge is 2.34. The Bertz CT molecular complexity index is 1140. The quantitative estimate of drug-likeness (QED) is 0.474. The highest BCUT2D eigenvalue weighted by atomic mass is 35.5. The Balaban J connectivity index is 1.43. The van der Waals surface area contributed by atoms with Gasteiger partial charge in [-0.25, -0.2) is 4.98 Å². The van der Waals surface area contributed by atoms with E-state index in [4.69, 9.17) is 11.6 Å². The van der Waals surface area contributed by atoms with Crippen LogP contribution in [0.4, 0.5) is 18.9 Å². The van der Waals surface area contributed by atoms with Gasteiger partial charge in [0, 0.05) is 33.7 Å². The summed E-state index contributed by atoms with van der Waals surface area (Å²) in [6.45, 7) is 1.81. The van der Waals surface area contributed by atoms with Gasteiger partial charge in [-0.15, -0.1) is 0 Å². The van der Waals surface area contributed by atoms with Gasteiger partial charge in [-0.2, -0.15) is 13.2 Å². The average Bonchev–Trinajstić information content (AvgIpc) is 2.76. The molecule has 0 atom stereocenters. The van der Waals surface area contributed by atoms with Crippen molar-refractivity contribution in [2.75, 3.05) is 5.32 Å². The van der Waals surface area contributed by atoms with E-state index in [0.717, 1.165) is 37.3 Å². The molecular weight excluding hydrogens is 439 g/mol. The molecular formula is C24H23ClF3N3O. The summed E-state index contributed by atoms with van der Waals surface area (Å²) in [6, 6.07) is 13.2. The number of benzene rings is 2. The third kappa shape index (κ3) is 4.83. The Morgan fingerprint density at radius 2 is 1.72 bits per heavy atom. The Labute approximate surface area is 189 Å². The molecule has 0 radical (unpaired) electrons. The van der Waals surface area contributed by atoms with Crippen molar-refractivity contribution in [3.63, 3.8) is 0 Å². The van der Waals surface area contributed by atoms with Crippen LogP contribution in [-0.4, -0.2) is 23.0 Å². The minimum atomic E-state index is -4.51. The molecule has 32 heavy (non-hydrogen) atoms. The van der Waals surface area contributed by atoms with Crippen molar-refractivity contribution < 1.29 is 18.0 Å². The van der Waals surface area contributed by atoms with E-state index < -0.39 is 11.9 Å². The number of rotatable bonds is 4. The van der Waals surface area contributed by atoms with Crippen LogP contribution < -0.4 is 10.6 Å². The Hall–Kier alpha value is -2.80. The Kier molecular flexibility index (Phi) is 6.29. The van der Waals surface area contributed by atoms with Gasteiger partial charge in [-0.3, -0.25) is 4.79 Å². The maximum Gasteiger partial charge on any atom is 0.433 e. The molecule has 1 heterocycles. The van der Waals surface area contributed by atoms with E-state index in [-0.39, 0.29) is 18.0 Å². The molecule has 4 nitrogen and oxygen atoms in total. The molecule has 0 spiro atoms. The second kappa shape index (κ2) is 8.98. The van der Waals surface area contributed by atoms with Crippen LogP contribution in [0, 0.1) is 6.92 Å². The number of pyridine rings is 1. The summed E-state index contributed by atoms with van der Waals surface area (Å²) in [6.07, 6.45) is -1.58. The van der Waals surface area contributed by atoms with Crippen molar-refractivity contribution in [1.82, 2.24) is 10.3 Å². The number of carbonyl (C=O) groups excluding carboxylic acids is 1. The summed E-state index contributed by atoms with van der Waals surface area (Å²) < 4.78 is 39.9. The molecule has 3 aromatic rings. The topological polar surface area (TPSA) is 54.0 Å². The first-order valence-corrected chi connectivity index (χ1v) is 10.9. The van der Waals surface area contributed by atoms with Crippen LogP contribution in [0.15, 0.2) is 48.5 Å². The lowest BCUT2D eigenvalue weighted by Crippen LogP contribution is -2.40. The van der Waals surface area contributed by atoms with E-state index in [1.807, 2.05) is 6.92 Å². The number of alkyl halides is 3. The van der Waals surface area contributed by atoms with Crippen LogP contribution in [0.1, 0.15) is 47.3 Å². The molecule has 168 valence electrons. The van der Waals surface area contributed by atoms with E-state index in [1.165, 1.54) is 0 Å². The van der Waals surface area contributed by atoms with Crippen molar-refractivity contribution in [3.8, 4) is 0 Å². The van der Waals surface area contributed by atoms with Gasteiger partial charge in [0.15, 0.2) is 0 Å². The normalized spacial score (nSPS) is 19.0. The van der Waals surface area contributed by atoms with E-state index in [2.05, 4.69) is 15.6 Å². The maximum absolute atomic E-state index is 13.3. The highest BCUT2D eigenvalue weighted by Crippen LogP contribution is 2.34. The molecule has 0 saturated heterocycles. The molecule has 1 fully saturated rings. The van der Waals surface area contributed by atoms with Gasteiger partial charge in [0.2, 0.25) is 0 Å². The molecule has 1 aliphatic carbocycles. The molecule has 1 amide bonds. The summed E-state index contributed by atoms with van der Waals surface area (Å²) in [5.41, 5.74) is 1.14. The summed E-state index contributed by atoms with van der Waals surface area (Å²) in [4.78, 5) is 16.4. The largest absolute Gasteiger partial charge is 0.433 e. The number of nitrogens with one attached hydrogen (secondary N) is 2. The summed E-state index contributed by atoms with van der Waals surface area (Å²) in [7, 11) is 0. The zero-order valence-electron chi connectivity index (χ0n) is 17.5. The van der Waals surface area contributed by atoms with Crippen molar-refractivity contribution in [1.29, 1.82) is 0 Å². The number of fused-ring (bicyclic) bond motifs is 1. The van der Waals surface area contributed by atoms with E-state index >= 15 is 0 Å². The number of halogens is 4. The Morgan fingerprint density at radius 3 is 2.44 bits per heavy atom. The molecule has 1 saturated carbocycles. The first kappa shape index (κ1) is 22.4. The predicted molar refractivity (Wildman–Crippen MR) is 120 cm³/mol. The molecule has 8 heteroatoms. The van der Waals surface area contributed by atoms with Gasteiger partial charge in [0.25, 0.3) is 5.91 Å². The number of nitrogens with zero attached hydrogens (tertiary/aromatic N) is 1. The van der Waals surface area contributed by atoms with Gasteiger partial charge in [-0.05, 0) is 62.4 Å². The number of para-hydroxylation sites is 1. The lowest BCUT2D eigenvalue weighted by Gasteiger charge is -2.31. The molecule has 1 aromatic heterocycles. The minimum Gasteiger partial charge on any atom is -0.382 e. The fourth-order valence-corrected chi connectivity index (χ4v) is 4.33. The zero-order chi connectivity index (χ0) is 22.9. The van der Waals surface area contributed by atoms with Crippen LogP contribution >= 0.6 is 11.6 Å². The SMILES string of the molecule is Cc1c(Cl)cccc1C(=O)NC1CCC(Nc2cc(C(F)(F)F)nc3ccccc23)CC1. The number of amides is 1. The van der Waals surface area contributed by atoms with Crippen LogP contribution in [0.25, 0.3) is 10.9 Å². The second-order valence-corrected chi connectivity index (χ2v) is 8.56. The van der Waals surface area contributed by atoms with Crippen LogP contribution in [0.5, 0.6) is 0 Å². The van der Waals surface area contributed by atoms with E-state index in [0.29, 0.717) is 27.2 Å². The zero-order valence-corrected chi connectivity index (χ0v) is 18.2. The average molecular weight is 462 g/mol. The van der Waals surface area contributed by atoms with E-state index in [9.17, 15) is 18.0 Å². The lowest BCUT2D eigenvalue weighted by molar-refractivity contribution is -0.140.